The Hall–Kier alpha value is -1.56. The Bertz CT molecular complexity index is 915. The second-order valence-corrected chi connectivity index (χ2v) is 7.52. The van der Waals surface area contributed by atoms with Gasteiger partial charge in [-0.3, -0.25) is 4.79 Å². The fraction of sp³-hybridized carbons (Fsp3) is 0.250. The van der Waals surface area contributed by atoms with Crippen LogP contribution in [0, 0.1) is 0 Å². The van der Waals surface area contributed by atoms with Crippen molar-refractivity contribution in [3.63, 3.8) is 0 Å². The number of hydrogen-bond donors (Lipinski definition) is 1. The molecule has 3 aromatic heterocycles. The summed E-state index contributed by atoms with van der Waals surface area (Å²) < 4.78 is 6.75. The van der Waals surface area contributed by atoms with Crippen LogP contribution in [-0.2, 0) is 6.42 Å². The fourth-order valence-corrected chi connectivity index (χ4v) is 4.06. The van der Waals surface area contributed by atoms with E-state index in [9.17, 15) is 4.79 Å². The third kappa shape index (κ3) is 2.84. The Morgan fingerprint density at radius 3 is 2.70 bits per heavy atom. The van der Waals surface area contributed by atoms with Crippen LogP contribution in [0.15, 0.2) is 16.5 Å². The number of carbonyl (C=O) groups excluding carboxylic acids is 1. The van der Waals surface area contributed by atoms with Crippen LogP contribution in [-0.4, -0.2) is 10.8 Å². The molecule has 3 rings (SSSR count). The molecule has 0 unspecified atom stereocenters. The van der Waals surface area contributed by atoms with Crippen molar-refractivity contribution >= 4 is 57.1 Å². The largest absolute Gasteiger partial charge is 0.432 e. The van der Waals surface area contributed by atoms with E-state index < -0.39 is 0 Å². The molecular formula is C16H14Cl2N2O2S. The number of carbonyl (C=O) groups is 1. The topological polar surface area (TPSA) is 69.1 Å². The highest BCUT2D eigenvalue weighted by Gasteiger charge is 2.21. The summed E-state index contributed by atoms with van der Waals surface area (Å²) in [5, 5.41) is 0.707. The molecule has 7 heteroatoms. The van der Waals surface area contributed by atoms with E-state index in [1.54, 1.807) is 6.07 Å². The number of anilines is 1. The van der Waals surface area contributed by atoms with Crippen molar-refractivity contribution in [2.75, 3.05) is 5.73 Å². The number of aromatic nitrogens is 1. The maximum atomic E-state index is 11.7. The van der Waals surface area contributed by atoms with Gasteiger partial charge in [0, 0.05) is 12.5 Å². The van der Waals surface area contributed by atoms with Gasteiger partial charge in [0.2, 0.25) is 5.71 Å². The minimum absolute atomic E-state index is 0.149. The van der Waals surface area contributed by atoms with Gasteiger partial charge in [-0.1, -0.05) is 36.5 Å². The normalized spacial score (nSPS) is 11.3. The van der Waals surface area contributed by atoms with Gasteiger partial charge >= 0.3 is 0 Å². The summed E-state index contributed by atoms with van der Waals surface area (Å²) in [7, 11) is 0. The van der Waals surface area contributed by atoms with Gasteiger partial charge in [-0.2, -0.15) is 0 Å². The molecule has 4 nitrogen and oxygen atoms in total. The molecule has 0 saturated heterocycles. The molecule has 120 valence electrons. The molecular weight excluding hydrogens is 355 g/mol. The number of ketones is 1. The number of rotatable bonds is 4. The van der Waals surface area contributed by atoms with Crippen molar-refractivity contribution in [1.82, 2.24) is 4.98 Å². The maximum absolute atomic E-state index is 11.7. The molecule has 0 aliphatic rings. The van der Waals surface area contributed by atoms with Crippen LogP contribution < -0.4 is 5.73 Å². The Morgan fingerprint density at radius 2 is 2.13 bits per heavy atom. The number of nitrogen functional groups attached to an aromatic ring is 1. The molecule has 0 atom stereocenters. The summed E-state index contributed by atoms with van der Waals surface area (Å²) in [6, 6.07) is 3.71. The van der Waals surface area contributed by atoms with Crippen LogP contribution in [0.25, 0.3) is 22.4 Å². The summed E-state index contributed by atoms with van der Waals surface area (Å²) >= 11 is 13.5. The predicted molar refractivity (Wildman–Crippen MR) is 95.8 cm³/mol. The van der Waals surface area contributed by atoms with Crippen molar-refractivity contribution in [2.45, 2.75) is 26.7 Å². The summed E-state index contributed by atoms with van der Waals surface area (Å²) in [6.07, 6.45) is 1.72. The number of nitrogens with two attached hydrogens (primary N) is 1. The predicted octanol–water partition coefficient (Wildman–Crippen LogP) is 5.60. The van der Waals surface area contributed by atoms with Crippen molar-refractivity contribution in [1.29, 1.82) is 0 Å². The zero-order valence-corrected chi connectivity index (χ0v) is 14.9. The van der Waals surface area contributed by atoms with E-state index in [0.29, 0.717) is 31.2 Å². The number of fused-ring (bicyclic) bond motifs is 1. The van der Waals surface area contributed by atoms with Crippen LogP contribution in [0.5, 0.6) is 0 Å². The molecule has 0 aliphatic carbocycles. The lowest BCUT2D eigenvalue weighted by Crippen LogP contribution is -1.97. The molecule has 2 N–H and O–H groups in total. The smallest absolute Gasteiger partial charge is 0.229 e. The van der Waals surface area contributed by atoms with Crippen LogP contribution in [0.4, 0.5) is 5.69 Å². The standard InChI is InChI=1S/C16H14Cl2N2O2S/c1-3-4-8-5-10(9-6-11(17)23-15(9)18)20-16-12(8)13(19)14(22-16)7(2)21/h5-6H,3-4,19H2,1-2H3. The van der Waals surface area contributed by atoms with Gasteiger partial charge in [0.1, 0.15) is 4.34 Å². The molecule has 0 spiro atoms. The number of nitrogens with zero attached hydrogens (tertiary/aromatic N) is 1. The van der Waals surface area contributed by atoms with E-state index in [4.69, 9.17) is 33.4 Å². The van der Waals surface area contributed by atoms with E-state index >= 15 is 0 Å². The quantitative estimate of drug-likeness (QED) is 0.608. The van der Waals surface area contributed by atoms with Crippen molar-refractivity contribution in [3.05, 3.63) is 32.1 Å². The van der Waals surface area contributed by atoms with Gasteiger partial charge in [0.25, 0.3) is 0 Å². The second kappa shape index (κ2) is 6.15. The highest BCUT2D eigenvalue weighted by Crippen LogP contribution is 2.40. The lowest BCUT2D eigenvalue weighted by atomic mass is 10.0. The lowest BCUT2D eigenvalue weighted by molar-refractivity contribution is 0.0990. The number of thiophene rings is 1. The molecule has 0 bridgehead atoms. The summed E-state index contributed by atoms with van der Waals surface area (Å²) in [5.41, 5.74) is 9.20. The first-order valence-electron chi connectivity index (χ1n) is 7.10. The van der Waals surface area contributed by atoms with Crippen LogP contribution in [0.1, 0.15) is 36.4 Å². The summed E-state index contributed by atoms with van der Waals surface area (Å²) in [5.74, 6) is -0.0717. The van der Waals surface area contributed by atoms with Crippen LogP contribution in [0.3, 0.4) is 0 Å². The monoisotopic (exact) mass is 368 g/mol. The third-order valence-electron chi connectivity index (χ3n) is 3.55. The number of aryl methyl sites for hydroxylation is 1. The summed E-state index contributed by atoms with van der Waals surface area (Å²) in [6.45, 7) is 3.49. The lowest BCUT2D eigenvalue weighted by Gasteiger charge is -2.05. The fourth-order valence-electron chi connectivity index (χ4n) is 2.58. The highest BCUT2D eigenvalue weighted by molar-refractivity contribution is 7.20. The third-order valence-corrected chi connectivity index (χ3v) is 5.04. The second-order valence-electron chi connectivity index (χ2n) is 5.24. The minimum Gasteiger partial charge on any atom is -0.432 e. The zero-order valence-electron chi connectivity index (χ0n) is 12.6. The van der Waals surface area contributed by atoms with Gasteiger partial charge < -0.3 is 10.2 Å². The average Bonchev–Trinajstić information content (AvgIpc) is 2.99. The molecule has 0 amide bonds. The number of pyridine rings is 1. The van der Waals surface area contributed by atoms with Crippen LogP contribution in [0.2, 0.25) is 8.67 Å². The molecule has 3 aromatic rings. The number of furan rings is 1. The number of hydrogen-bond acceptors (Lipinski definition) is 5. The molecule has 23 heavy (non-hydrogen) atoms. The Kier molecular flexibility index (Phi) is 4.36. The Labute approximate surface area is 147 Å². The van der Waals surface area contributed by atoms with Crippen molar-refractivity contribution in [3.8, 4) is 11.3 Å². The van der Waals surface area contributed by atoms with Crippen molar-refractivity contribution in [2.24, 2.45) is 0 Å². The van der Waals surface area contributed by atoms with Crippen molar-refractivity contribution < 1.29 is 9.21 Å². The van der Waals surface area contributed by atoms with Gasteiger partial charge in [-0.15, -0.1) is 11.3 Å². The molecule has 0 aromatic carbocycles. The molecule has 3 heterocycles. The van der Waals surface area contributed by atoms with E-state index in [2.05, 4.69) is 11.9 Å². The zero-order chi connectivity index (χ0) is 16.7. The highest BCUT2D eigenvalue weighted by atomic mass is 35.5. The summed E-state index contributed by atoms with van der Waals surface area (Å²) in [4.78, 5) is 16.2. The van der Waals surface area contributed by atoms with Crippen LogP contribution >= 0.6 is 34.5 Å². The first kappa shape index (κ1) is 16.3. The Morgan fingerprint density at radius 1 is 1.39 bits per heavy atom. The average molecular weight is 369 g/mol. The number of Topliss-reactive ketones (excluding diaryl/α,β-unsaturated/α-hetero) is 1. The Balaban J connectivity index is 2.30. The van der Waals surface area contributed by atoms with E-state index in [1.807, 2.05) is 6.07 Å². The first-order chi connectivity index (χ1) is 10.9. The minimum atomic E-state index is -0.221. The first-order valence-corrected chi connectivity index (χ1v) is 8.67. The van der Waals surface area contributed by atoms with E-state index in [1.165, 1.54) is 18.3 Å². The molecule has 0 radical (unpaired) electrons. The molecule has 0 saturated carbocycles. The number of halogens is 2. The van der Waals surface area contributed by atoms with E-state index in [-0.39, 0.29) is 11.5 Å². The van der Waals surface area contributed by atoms with E-state index in [0.717, 1.165) is 24.0 Å². The van der Waals surface area contributed by atoms with Gasteiger partial charge in [-0.25, -0.2) is 4.98 Å². The maximum Gasteiger partial charge on any atom is 0.229 e. The molecule has 0 fully saturated rings. The molecule has 0 aliphatic heterocycles. The van der Waals surface area contributed by atoms with Gasteiger partial charge in [0.05, 0.1) is 21.1 Å². The SMILES string of the molecule is CCCc1cc(-c2cc(Cl)sc2Cl)nc2oc(C(C)=O)c(N)c12. The van der Waals surface area contributed by atoms with Gasteiger partial charge in [-0.05, 0) is 24.1 Å². The van der Waals surface area contributed by atoms with Gasteiger partial charge in [0.15, 0.2) is 11.5 Å².